The largest absolute Gasteiger partial charge is 0.492 e. The van der Waals surface area contributed by atoms with Crippen molar-refractivity contribution in [3.05, 3.63) is 52.7 Å². The molecule has 106 valence electrons. The van der Waals surface area contributed by atoms with Crippen LogP contribution in [-0.4, -0.2) is 15.7 Å². The zero-order chi connectivity index (χ0) is 13.9. The summed E-state index contributed by atoms with van der Waals surface area (Å²) in [4.78, 5) is 12.0. The van der Waals surface area contributed by atoms with Gasteiger partial charge in [0.1, 0.15) is 12.4 Å². The first-order chi connectivity index (χ1) is 9.78. The molecule has 0 bridgehead atoms. The van der Waals surface area contributed by atoms with Gasteiger partial charge in [-0.05, 0) is 30.5 Å². The fourth-order valence-electron chi connectivity index (χ4n) is 2.21. The van der Waals surface area contributed by atoms with Gasteiger partial charge < -0.3 is 10.5 Å². The van der Waals surface area contributed by atoms with E-state index in [9.17, 15) is 4.79 Å². The molecule has 1 aliphatic rings. The lowest BCUT2D eigenvalue weighted by molar-refractivity contribution is 0.295. The summed E-state index contributed by atoms with van der Waals surface area (Å²) in [5.74, 6) is 0.803. The van der Waals surface area contributed by atoms with Crippen molar-refractivity contribution < 1.29 is 4.74 Å². The van der Waals surface area contributed by atoms with Gasteiger partial charge in [0, 0.05) is 25.0 Å². The quantitative estimate of drug-likeness (QED) is 0.868. The summed E-state index contributed by atoms with van der Waals surface area (Å²) in [6, 6.07) is 8.13. The van der Waals surface area contributed by atoms with Crippen molar-refractivity contribution in [3.8, 4) is 5.75 Å². The number of nitrogens with zero attached hydrogens (tertiary/aromatic N) is 2. The minimum atomic E-state index is 0.0644. The summed E-state index contributed by atoms with van der Waals surface area (Å²) < 4.78 is 9.16. The van der Waals surface area contributed by atoms with E-state index in [0.29, 0.717) is 25.7 Å². The summed E-state index contributed by atoms with van der Waals surface area (Å²) in [7, 11) is 0. The van der Waals surface area contributed by atoms with Crippen molar-refractivity contribution >= 4 is 0 Å². The molecule has 0 aliphatic heterocycles. The predicted octanol–water partition coefficient (Wildman–Crippen LogP) is 1.52. The second-order valence-corrected chi connectivity index (χ2v) is 5.11. The molecule has 2 aromatic rings. The Morgan fingerprint density at radius 2 is 1.95 bits per heavy atom. The Balaban J connectivity index is 1.55. The first kappa shape index (κ1) is 13.0. The van der Waals surface area contributed by atoms with Crippen molar-refractivity contribution in [3.63, 3.8) is 0 Å². The maximum atomic E-state index is 12.0. The summed E-state index contributed by atoms with van der Waals surface area (Å²) in [6.45, 7) is 1.58. The summed E-state index contributed by atoms with van der Waals surface area (Å²) >= 11 is 0. The topological polar surface area (TPSA) is 62.2 Å². The second kappa shape index (κ2) is 5.54. The van der Waals surface area contributed by atoms with Gasteiger partial charge in [-0.2, -0.15) is 0 Å². The Kier molecular flexibility index (Phi) is 3.60. The fourth-order valence-corrected chi connectivity index (χ4v) is 2.21. The molecule has 1 aromatic carbocycles. The predicted molar refractivity (Wildman–Crippen MR) is 76.8 cm³/mol. The molecule has 0 amide bonds. The molecule has 1 aliphatic carbocycles. The number of aromatic nitrogens is 2. The van der Waals surface area contributed by atoms with Crippen LogP contribution in [0.1, 0.15) is 24.4 Å². The molecule has 5 nitrogen and oxygen atoms in total. The lowest BCUT2D eigenvalue weighted by atomic mass is 10.2. The summed E-state index contributed by atoms with van der Waals surface area (Å²) in [5.41, 5.74) is 6.69. The van der Waals surface area contributed by atoms with Gasteiger partial charge in [-0.1, -0.05) is 12.1 Å². The van der Waals surface area contributed by atoms with E-state index >= 15 is 0 Å². The zero-order valence-electron chi connectivity index (χ0n) is 11.4. The molecule has 5 heteroatoms. The van der Waals surface area contributed by atoms with Gasteiger partial charge in [-0.3, -0.25) is 9.13 Å². The molecule has 2 N–H and O–H groups in total. The van der Waals surface area contributed by atoms with E-state index in [-0.39, 0.29) is 5.69 Å². The Morgan fingerprint density at radius 3 is 2.60 bits per heavy atom. The molecule has 0 saturated heterocycles. The van der Waals surface area contributed by atoms with Crippen molar-refractivity contribution in [2.24, 2.45) is 5.73 Å². The van der Waals surface area contributed by atoms with Crippen LogP contribution in [0, 0.1) is 0 Å². The number of benzene rings is 1. The molecule has 1 aromatic heterocycles. The monoisotopic (exact) mass is 273 g/mol. The van der Waals surface area contributed by atoms with E-state index in [1.807, 2.05) is 41.2 Å². The highest BCUT2D eigenvalue weighted by Gasteiger charge is 2.25. The van der Waals surface area contributed by atoms with Gasteiger partial charge in [0.05, 0.1) is 6.54 Å². The average Bonchev–Trinajstić information content (AvgIpc) is 3.25. The molecular weight excluding hydrogens is 254 g/mol. The number of rotatable bonds is 6. The Labute approximate surface area is 117 Å². The van der Waals surface area contributed by atoms with Crippen molar-refractivity contribution in [1.29, 1.82) is 0 Å². The maximum absolute atomic E-state index is 12.0. The van der Waals surface area contributed by atoms with Crippen LogP contribution >= 0.6 is 0 Å². The number of nitrogens with two attached hydrogens (primary N) is 1. The van der Waals surface area contributed by atoms with Crippen LogP contribution in [-0.2, 0) is 13.1 Å². The highest BCUT2D eigenvalue weighted by molar-refractivity contribution is 5.27. The maximum Gasteiger partial charge on any atom is 0.328 e. The third-order valence-corrected chi connectivity index (χ3v) is 3.57. The normalized spacial score (nSPS) is 14.4. The molecule has 0 atom stereocenters. The van der Waals surface area contributed by atoms with Crippen LogP contribution in [0.5, 0.6) is 5.75 Å². The van der Waals surface area contributed by atoms with E-state index in [4.69, 9.17) is 10.5 Å². The van der Waals surface area contributed by atoms with Gasteiger partial charge in [0.15, 0.2) is 0 Å². The number of hydrogen-bond acceptors (Lipinski definition) is 3. The van der Waals surface area contributed by atoms with Gasteiger partial charge in [-0.25, -0.2) is 4.79 Å². The molecule has 1 heterocycles. The standard InChI is InChI=1S/C15H19N3O2/c16-11-12-1-5-14(6-2-12)20-10-9-17-7-8-18(15(17)19)13-3-4-13/h1-2,5-8,13H,3-4,9-11,16H2. The fraction of sp³-hybridized carbons (Fsp3) is 0.400. The van der Waals surface area contributed by atoms with Crippen LogP contribution in [0.2, 0.25) is 0 Å². The first-order valence-electron chi connectivity index (χ1n) is 6.97. The highest BCUT2D eigenvalue weighted by Crippen LogP contribution is 2.33. The molecule has 3 rings (SSSR count). The number of hydrogen-bond donors (Lipinski definition) is 1. The van der Waals surface area contributed by atoms with Gasteiger partial charge in [0.2, 0.25) is 0 Å². The lowest BCUT2D eigenvalue weighted by Gasteiger charge is -2.07. The Bertz CT molecular complexity index is 623. The van der Waals surface area contributed by atoms with Crippen molar-refractivity contribution in [2.75, 3.05) is 6.61 Å². The van der Waals surface area contributed by atoms with Crippen LogP contribution in [0.3, 0.4) is 0 Å². The van der Waals surface area contributed by atoms with E-state index in [1.165, 1.54) is 0 Å². The minimum absolute atomic E-state index is 0.0644. The van der Waals surface area contributed by atoms with Gasteiger partial charge >= 0.3 is 5.69 Å². The molecule has 0 unspecified atom stereocenters. The summed E-state index contributed by atoms with van der Waals surface area (Å²) in [5, 5.41) is 0. The van der Waals surface area contributed by atoms with Crippen molar-refractivity contribution in [1.82, 2.24) is 9.13 Å². The van der Waals surface area contributed by atoms with E-state index in [1.54, 1.807) is 4.57 Å². The Morgan fingerprint density at radius 1 is 1.20 bits per heavy atom. The third kappa shape index (κ3) is 2.77. The molecule has 20 heavy (non-hydrogen) atoms. The third-order valence-electron chi connectivity index (χ3n) is 3.57. The molecule has 1 fully saturated rings. The van der Waals surface area contributed by atoms with Crippen molar-refractivity contribution in [2.45, 2.75) is 32.0 Å². The van der Waals surface area contributed by atoms with E-state index < -0.39 is 0 Å². The average molecular weight is 273 g/mol. The molecular formula is C15H19N3O2. The SMILES string of the molecule is NCc1ccc(OCCn2ccn(C3CC3)c2=O)cc1. The van der Waals surface area contributed by atoms with Crippen LogP contribution < -0.4 is 16.2 Å². The van der Waals surface area contributed by atoms with Crippen LogP contribution in [0.15, 0.2) is 41.5 Å². The van der Waals surface area contributed by atoms with Gasteiger partial charge in [0.25, 0.3) is 0 Å². The van der Waals surface area contributed by atoms with E-state index in [2.05, 4.69) is 0 Å². The number of imidazole rings is 1. The lowest BCUT2D eigenvalue weighted by Crippen LogP contribution is -2.25. The number of ether oxygens (including phenoxy) is 1. The molecule has 0 spiro atoms. The highest BCUT2D eigenvalue weighted by atomic mass is 16.5. The molecule has 0 radical (unpaired) electrons. The Hall–Kier alpha value is -2.01. The summed E-state index contributed by atoms with van der Waals surface area (Å²) in [6.07, 6.45) is 5.94. The minimum Gasteiger partial charge on any atom is -0.492 e. The van der Waals surface area contributed by atoms with Gasteiger partial charge in [-0.15, -0.1) is 0 Å². The van der Waals surface area contributed by atoms with Crippen LogP contribution in [0.25, 0.3) is 0 Å². The zero-order valence-corrected chi connectivity index (χ0v) is 11.4. The van der Waals surface area contributed by atoms with E-state index in [0.717, 1.165) is 24.2 Å². The first-order valence-corrected chi connectivity index (χ1v) is 6.97. The molecule has 1 saturated carbocycles. The smallest absolute Gasteiger partial charge is 0.328 e. The van der Waals surface area contributed by atoms with Crippen LogP contribution in [0.4, 0.5) is 0 Å². The second-order valence-electron chi connectivity index (χ2n) is 5.11.